The molecule has 1 aliphatic carbocycles. The Labute approximate surface area is 230 Å². The quantitative estimate of drug-likeness (QED) is 0.270. The molecule has 0 N–H and O–H groups in total. The first kappa shape index (κ1) is 25.0. The van der Waals surface area contributed by atoms with Gasteiger partial charge in [-0.15, -0.1) is 0 Å². The van der Waals surface area contributed by atoms with Crippen LogP contribution in [0.25, 0.3) is 5.57 Å². The summed E-state index contributed by atoms with van der Waals surface area (Å²) in [4.78, 5) is 14.0. The van der Waals surface area contributed by atoms with E-state index in [9.17, 15) is 0 Å². The van der Waals surface area contributed by atoms with Crippen LogP contribution in [-0.4, -0.2) is 32.5 Å². The molecule has 0 saturated carbocycles. The lowest BCUT2D eigenvalue weighted by Gasteiger charge is -2.43. The summed E-state index contributed by atoms with van der Waals surface area (Å²) >= 11 is 6.44. The van der Waals surface area contributed by atoms with Gasteiger partial charge in [0.25, 0.3) is 0 Å². The van der Waals surface area contributed by atoms with Crippen molar-refractivity contribution in [3.05, 3.63) is 129 Å². The van der Waals surface area contributed by atoms with Crippen LogP contribution in [-0.2, 0) is 25.9 Å². The molecule has 5 heteroatoms. The Morgan fingerprint density at radius 2 is 1.42 bits per heavy atom. The molecule has 0 bridgehead atoms. The second-order valence-corrected chi connectivity index (χ2v) is 11.6. The molecule has 0 unspecified atom stereocenters. The van der Waals surface area contributed by atoms with Crippen molar-refractivity contribution in [1.29, 1.82) is 0 Å². The van der Waals surface area contributed by atoms with Gasteiger partial charge in [0.2, 0.25) is 0 Å². The van der Waals surface area contributed by atoms with E-state index >= 15 is 0 Å². The van der Waals surface area contributed by atoms with Gasteiger partial charge in [-0.25, -0.2) is 0 Å². The fraction of sp³-hybridized carbons (Fsp3) is 0.303. The summed E-state index contributed by atoms with van der Waals surface area (Å²) in [6.45, 7) is 8.37. The molecule has 1 saturated heterocycles. The number of aromatic nitrogens is 3. The second kappa shape index (κ2) is 10.4. The fourth-order valence-electron chi connectivity index (χ4n) is 6.42. The van der Waals surface area contributed by atoms with E-state index in [1.807, 2.05) is 37.1 Å². The number of hydrogen-bond donors (Lipinski definition) is 0. The number of quaternary nitrogens is 1. The van der Waals surface area contributed by atoms with E-state index < -0.39 is 0 Å². The maximum Gasteiger partial charge on any atom is 0.106 e. The van der Waals surface area contributed by atoms with E-state index in [1.54, 1.807) is 0 Å². The minimum atomic E-state index is 0.810. The summed E-state index contributed by atoms with van der Waals surface area (Å²) in [5.74, 6) is 0. The van der Waals surface area contributed by atoms with Gasteiger partial charge in [0.15, 0.2) is 0 Å². The maximum absolute atomic E-state index is 6.44. The van der Waals surface area contributed by atoms with Crippen molar-refractivity contribution >= 4 is 17.2 Å². The first-order valence-electron chi connectivity index (χ1n) is 13.6. The molecular weight excluding hydrogens is 488 g/mol. The summed E-state index contributed by atoms with van der Waals surface area (Å²) in [5, 5.41) is 0.810. The fourth-order valence-corrected chi connectivity index (χ4v) is 6.61. The zero-order chi connectivity index (χ0) is 26.1. The number of benzene rings is 1. The van der Waals surface area contributed by atoms with E-state index in [-0.39, 0.29) is 0 Å². The summed E-state index contributed by atoms with van der Waals surface area (Å²) in [7, 11) is 0. The molecule has 192 valence electrons. The number of piperidine rings is 1. The minimum Gasteiger partial charge on any atom is -0.315 e. The van der Waals surface area contributed by atoms with Gasteiger partial charge >= 0.3 is 0 Å². The van der Waals surface area contributed by atoms with Crippen molar-refractivity contribution in [3.8, 4) is 0 Å². The van der Waals surface area contributed by atoms with Gasteiger partial charge in [0, 0.05) is 65.5 Å². The Morgan fingerprint density at radius 3 is 2.08 bits per heavy atom. The molecule has 3 aromatic heterocycles. The Kier molecular flexibility index (Phi) is 6.86. The third-order valence-corrected chi connectivity index (χ3v) is 8.39. The number of rotatable bonds is 4. The van der Waals surface area contributed by atoms with Gasteiger partial charge in [-0.2, -0.15) is 0 Å². The highest BCUT2D eigenvalue weighted by Crippen LogP contribution is 2.40. The van der Waals surface area contributed by atoms with Crippen molar-refractivity contribution < 1.29 is 4.48 Å². The number of nitrogens with zero attached hydrogens (tertiary/aromatic N) is 4. The Morgan fingerprint density at radius 1 is 0.763 bits per heavy atom. The number of likely N-dealkylation sites (tertiary alicyclic amines) is 1. The van der Waals surface area contributed by atoms with Crippen LogP contribution in [0.1, 0.15) is 57.5 Å². The monoisotopic (exact) mass is 521 g/mol. The molecule has 0 spiro atoms. The molecule has 38 heavy (non-hydrogen) atoms. The number of hydrogen-bond acceptors (Lipinski definition) is 3. The van der Waals surface area contributed by atoms with Crippen LogP contribution in [0.5, 0.6) is 0 Å². The second-order valence-electron chi connectivity index (χ2n) is 11.1. The van der Waals surface area contributed by atoms with Crippen molar-refractivity contribution in [2.24, 2.45) is 0 Å². The van der Waals surface area contributed by atoms with Crippen LogP contribution in [0.2, 0.25) is 5.02 Å². The van der Waals surface area contributed by atoms with Crippen molar-refractivity contribution in [3.63, 3.8) is 0 Å². The third-order valence-electron chi connectivity index (χ3n) is 8.16. The molecular formula is C33H34ClN4+. The standard InChI is InChI=1S/C33H34ClN4/c1-23-14-25(19-35-17-23)21-38(22-26-15-24(2)18-36-20-26)12-9-27(10-13-38)32-31-8-7-30(34)16-29(31)6-5-28-4-3-11-37-33(28)32/h3-4,7-8,11,14-20H,5-6,9-10,12-13,21-22H2,1-2H3/q+1. The van der Waals surface area contributed by atoms with Crippen molar-refractivity contribution in [2.45, 2.75) is 52.6 Å². The molecule has 0 amide bonds. The van der Waals surface area contributed by atoms with Gasteiger partial charge in [0.05, 0.1) is 18.8 Å². The van der Waals surface area contributed by atoms with Crippen LogP contribution in [0.3, 0.4) is 0 Å². The summed E-state index contributed by atoms with van der Waals surface area (Å²) in [6.07, 6.45) is 14.0. The molecule has 4 aromatic rings. The minimum absolute atomic E-state index is 0.810. The van der Waals surface area contributed by atoms with Gasteiger partial charge in [0.1, 0.15) is 13.1 Å². The molecule has 0 radical (unpaired) electrons. The normalized spacial score (nSPS) is 16.5. The molecule has 1 fully saturated rings. The number of pyridine rings is 3. The van der Waals surface area contributed by atoms with Crippen LogP contribution in [0.15, 0.2) is 79.0 Å². The average Bonchev–Trinajstić information content (AvgIpc) is 3.06. The molecule has 2 aliphatic rings. The average molecular weight is 522 g/mol. The first-order valence-corrected chi connectivity index (χ1v) is 14.0. The third kappa shape index (κ3) is 5.16. The Balaban J connectivity index is 1.40. The summed E-state index contributed by atoms with van der Waals surface area (Å²) in [5.41, 5.74) is 13.1. The maximum atomic E-state index is 6.44. The predicted octanol–water partition coefficient (Wildman–Crippen LogP) is 7.05. The number of fused-ring (bicyclic) bond motifs is 2. The lowest BCUT2D eigenvalue weighted by molar-refractivity contribution is -0.956. The van der Waals surface area contributed by atoms with Gasteiger partial charge in [-0.1, -0.05) is 23.7 Å². The molecule has 1 aliphatic heterocycles. The van der Waals surface area contributed by atoms with Gasteiger partial charge in [-0.05, 0) is 90.4 Å². The smallest absolute Gasteiger partial charge is 0.106 e. The van der Waals surface area contributed by atoms with E-state index in [2.05, 4.69) is 60.2 Å². The van der Waals surface area contributed by atoms with E-state index in [1.165, 1.54) is 50.1 Å². The number of halogens is 1. The molecule has 4 heterocycles. The lowest BCUT2D eigenvalue weighted by atomic mass is 9.87. The topological polar surface area (TPSA) is 38.7 Å². The van der Waals surface area contributed by atoms with E-state index in [0.717, 1.165) is 67.1 Å². The first-order chi connectivity index (χ1) is 18.5. The zero-order valence-corrected chi connectivity index (χ0v) is 23.0. The zero-order valence-electron chi connectivity index (χ0n) is 22.3. The van der Waals surface area contributed by atoms with Crippen LogP contribution >= 0.6 is 11.6 Å². The van der Waals surface area contributed by atoms with Crippen molar-refractivity contribution in [1.82, 2.24) is 15.0 Å². The summed E-state index contributed by atoms with van der Waals surface area (Å²) in [6, 6.07) is 15.3. The van der Waals surface area contributed by atoms with Crippen LogP contribution < -0.4 is 0 Å². The summed E-state index contributed by atoms with van der Waals surface area (Å²) < 4.78 is 1.01. The molecule has 4 nitrogen and oxygen atoms in total. The highest BCUT2D eigenvalue weighted by Gasteiger charge is 2.35. The van der Waals surface area contributed by atoms with E-state index in [0.29, 0.717) is 0 Å². The largest absolute Gasteiger partial charge is 0.315 e. The highest BCUT2D eigenvalue weighted by molar-refractivity contribution is 6.30. The number of aryl methyl sites for hydroxylation is 4. The van der Waals surface area contributed by atoms with Gasteiger partial charge < -0.3 is 4.48 Å². The van der Waals surface area contributed by atoms with E-state index in [4.69, 9.17) is 16.6 Å². The molecule has 1 aromatic carbocycles. The van der Waals surface area contributed by atoms with Gasteiger partial charge in [-0.3, -0.25) is 15.0 Å². The Hall–Kier alpha value is -3.34. The molecule has 6 rings (SSSR count). The lowest BCUT2D eigenvalue weighted by Crippen LogP contribution is -2.50. The predicted molar refractivity (Wildman–Crippen MR) is 154 cm³/mol. The molecule has 0 atom stereocenters. The highest BCUT2D eigenvalue weighted by atomic mass is 35.5. The Bertz CT molecular complexity index is 1460. The van der Waals surface area contributed by atoms with Crippen LogP contribution in [0, 0.1) is 13.8 Å². The van der Waals surface area contributed by atoms with Crippen molar-refractivity contribution in [2.75, 3.05) is 13.1 Å². The van der Waals surface area contributed by atoms with Crippen LogP contribution in [0.4, 0.5) is 0 Å². The SMILES string of the molecule is Cc1cncc(C[N+]2(Cc3cncc(C)c3)CCC(=C3c4ccc(Cl)cc4CCc4cccnc43)CC2)c1.